The van der Waals surface area contributed by atoms with Crippen LogP contribution in [0.2, 0.25) is 5.28 Å². The van der Waals surface area contributed by atoms with Crippen LogP contribution in [0.5, 0.6) is 6.01 Å². The number of ether oxygens (including phenoxy) is 1. The van der Waals surface area contributed by atoms with Crippen molar-refractivity contribution in [3.05, 3.63) is 5.28 Å². The highest BCUT2D eigenvalue weighted by molar-refractivity contribution is 6.28. The third-order valence-electron chi connectivity index (χ3n) is 3.02. The Bertz CT molecular complexity index is 430. The fourth-order valence-corrected chi connectivity index (χ4v) is 2.31. The van der Waals surface area contributed by atoms with Crippen LogP contribution >= 0.6 is 11.6 Å². The first-order valence-corrected chi connectivity index (χ1v) is 6.90. The van der Waals surface area contributed by atoms with E-state index in [1.54, 1.807) is 0 Å². The minimum atomic E-state index is -0.00738. The number of aliphatic hydroxyl groups excluding tert-OH is 1. The van der Waals surface area contributed by atoms with Crippen molar-refractivity contribution in [1.29, 1.82) is 0 Å². The summed E-state index contributed by atoms with van der Waals surface area (Å²) < 4.78 is 5.46. The number of aliphatic hydroxyl groups is 1. The standard InChI is InChI=1S/C12H19ClN4O2/c1-8(2)19-12-15-10(13)14-11(16-12)17-5-3-9(7-17)4-6-18/h8-9,18H,3-7H2,1-2H3. The molecule has 1 aromatic rings. The molecule has 1 atom stereocenters. The van der Waals surface area contributed by atoms with Gasteiger partial charge >= 0.3 is 6.01 Å². The molecule has 2 heterocycles. The molecule has 2 rings (SSSR count). The van der Waals surface area contributed by atoms with Crippen molar-refractivity contribution in [2.45, 2.75) is 32.8 Å². The number of nitrogens with zero attached hydrogens (tertiary/aromatic N) is 4. The van der Waals surface area contributed by atoms with Gasteiger partial charge in [0.25, 0.3) is 0 Å². The molecular formula is C12H19ClN4O2. The summed E-state index contributed by atoms with van der Waals surface area (Å²) >= 11 is 5.90. The highest BCUT2D eigenvalue weighted by Gasteiger charge is 2.25. The molecule has 6 nitrogen and oxygen atoms in total. The molecule has 0 radical (unpaired) electrons. The van der Waals surface area contributed by atoms with Crippen LogP contribution < -0.4 is 9.64 Å². The van der Waals surface area contributed by atoms with E-state index in [4.69, 9.17) is 21.4 Å². The SMILES string of the molecule is CC(C)Oc1nc(Cl)nc(N2CCC(CCO)C2)n1. The van der Waals surface area contributed by atoms with Crippen LogP contribution in [0.4, 0.5) is 5.95 Å². The van der Waals surface area contributed by atoms with Crippen LogP contribution in [-0.4, -0.2) is 45.9 Å². The van der Waals surface area contributed by atoms with Crippen molar-refractivity contribution in [3.63, 3.8) is 0 Å². The molecule has 7 heteroatoms. The van der Waals surface area contributed by atoms with Gasteiger partial charge in [0.05, 0.1) is 6.10 Å². The molecule has 19 heavy (non-hydrogen) atoms. The zero-order valence-corrected chi connectivity index (χ0v) is 12.0. The summed E-state index contributed by atoms with van der Waals surface area (Å²) in [5, 5.41) is 9.11. The van der Waals surface area contributed by atoms with Crippen LogP contribution in [-0.2, 0) is 0 Å². The third-order valence-corrected chi connectivity index (χ3v) is 3.19. The van der Waals surface area contributed by atoms with Gasteiger partial charge in [0, 0.05) is 19.7 Å². The zero-order valence-electron chi connectivity index (χ0n) is 11.2. The molecule has 106 valence electrons. The summed E-state index contributed by atoms with van der Waals surface area (Å²) in [7, 11) is 0. The summed E-state index contributed by atoms with van der Waals surface area (Å²) in [5.41, 5.74) is 0. The molecule has 1 fully saturated rings. The molecule has 0 amide bonds. The van der Waals surface area contributed by atoms with Gasteiger partial charge in [-0.15, -0.1) is 0 Å². The summed E-state index contributed by atoms with van der Waals surface area (Å²) in [6.45, 7) is 5.74. The summed E-state index contributed by atoms with van der Waals surface area (Å²) in [5.74, 6) is 1.03. The topological polar surface area (TPSA) is 71.4 Å². The largest absolute Gasteiger partial charge is 0.461 e. The minimum absolute atomic E-state index is 0.00738. The molecule has 1 N–H and O–H groups in total. The van der Waals surface area contributed by atoms with Crippen LogP contribution in [0.25, 0.3) is 0 Å². The van der Waals surface area contributed by atoms with E-state index in [1.165, 1.54) is 0 Å². The molecule has 0 saturated carbocycles. The Labute approximate surface area is 117 Å². The molecule has 0 aromatic carbocycles. The lowest BCUT2D eigenvalue weighted by Crippen LogP contribution is -2.23. The maximum absolute atomic E-state index is 8.97. The Morgan fingerprint density at radius 3 is 2.89 bits per heavy atom. The molecule has 1 aromatic heterocycles. The van der Waals surface area contributed by atoms with Gasteiger partial charge < -0.3 is 14.7 Å². The maximum atomic E-state index is 8.97. The second kappa shape index (κ2) is 6.34. The van der Waals surface area contributed by atoms with E-state index < -0.39 is 0 Å². The highest BCUT2D eigenvalue weighted by Crippen LogP contribution is 2.24. The van der Waals surface area contributed by atoms with Gasteiger partial charge in [-0.2, -0.15) is 15.0 Å². The van der Waals surface area contributed by atoms with Gasteiger partial charge in [-0.25, -0.2) is 0 Å². The Balaban J connectivity index is 2.09. The zero-order chi connectivity index (χ0) is 13.8. The average molecular weight is 287 g/mol. The summed E-state index contributed by atoms with van der Waals surface area (Å²) in [4.78, 5) is 14.4. The lowest BCUT2D eigenvalue weighted by atomic mass is 10.1. The first kappa shape index (κ1) is 14.3. The Hall–Kier alpha value is -1.14. The molecule has 0 spiro atoms. The lowest BCUT2D eigenvalue weighted by Gasteiger charge is -2.17. The summed E-state index contributed by atoms with van der Waals surface area (Å²) in [6, 6.07) is 0.260. The number of anilines is 1. The Kier molecular flexibility index (Phi) is 4.76. The van der Waals surface area contributed by atoms with E-state index in [2.05, 4.69) is 19.9 Å². The monoisotopic (exact) mass is 286 g/mol. The number of aromatic nitrogens is 3. The van der Waals surface area contributed by atoms with Gasteiger partial charge in [0.1, 0.15) is 0 Å². The first-order valence-electron chi connectivity index (χ1n) is 6.52. The molecular weight excluding hydrogens is 268 g/mol. The smallest absolute Gasteiger partial charge is 0.322 e. The van der Waals surface area contributed by atoms with Crippen molar-refractivity contribution < 1.29 is 9.84 Å². The number of halogens is 1. The first-order chi connectivity index (χ1) is 9.08. The fourth-order valence-electron chi connectivity index (χ4n) is 2.16. The molecule has 1 aliphatic rings. The van der Waals surface area contributed by atoms with Gasteiger partial charge in [0.15, 0.2) is 0 Å². The highest BCUT2D eigenvalue weighted by atomic mass is 35.5. The van der Waals surface area contributed by atoms with E-state index in [1.807, 2.05) is 13.8 Å². The van der Waals surface area contributed by atoms with Crippen molar-refractivity contribution in [2.24, 2.45) is 5.92 Å². The molecule has 0 bridgehead atoms. The second-order valence-corrected chi connectivity index (χ2v) is 5.30. The van der Waals surface area contributed by atoms with E-state index in [9.17, 15) is 0 Å². The van der Waals surface area contributed by atoms with Crippen LogP contribution in [0, 0.1) is 5.92 Å². The second-order valence-electron chi connectivity index (χ2n) is 4.97. The Morgan fingerprint density at radius 1 is 1.42 bits per heavy atom. The Morgan fingerprint density at radius 2 is 2.21 bits per heavy atom. The fraction of sp³-hybridized carbons (Fsp3) is 0.750. The van der Waals surface area contributed by atoms with Gasteiger partial charge in [0.2, 0.25) is 11.2 Å². The maximum Gasteiger partial charge on any atom is 0.322 e. The van der Waals surface area contributed by atoms with Crippen LogP contribution in [0.15, 0.2) is 0 Å². The van der Waals surface area contributed by atoms with E-state index in [0.717, 1.165) is 25.9 Å². The lowest BCUT2D eigenvalue weighted by molar-refractivity contribution is 0.221. The van der Waals surface area contributed by atoms with Crippen molar-refractivity contribution in [3.8, 4) is 6.01 Å². The van der Waals surface area contributed by atoms with E-state index >= 15 is 0 Å². The molecule has 1 saturated heterocycles. The van der Waals surface area contributed by atoms with Gasteiger partial charge in [-0.1, -0.05) is 0 Å². The summed E-state index contributed by atoms with van der Waals surface area (Å²) in [6.07, 6.45) is 1.83. The molecule has 1 aliphatic heterocycles. The normalized spacial score (nSPS) is 19.2. The predicted molar refractivity (Wildman–Crippen MR) is 72.6 cm³/mol. The van der Waals surface area contributed by atoms with E-state index in [0.29, 0.717) is 11.9 Å². The number of hydrogen-bond donors (Lipinski definition) is 1. The quantitative estimate of drug-likeness (QED) is 0.885. The average Bonchev–Trinajstić information content (AvgIpc) is 2.76. The molecule has 1 unspecified atom stereocenters. The van der Waals surface area contributed by atoms with Crippen LogP contribution in [0.1, 0.15) is 26.7 Å². The van der Waals surface area contributed by atoms with Crippen molar-refractivity contribution in [2.75, 3.05) is 24.6 Å². The van der Waals surface area contributed by atoms with E-state index in [-0.39, 0.29) is 24.0 Å². The van der Waals surface area contributed by atoms with Crippen molar-refractivity contribution >= 4 is 17.5 Å². The van der Waals surface area contributed by atoms with Gasteiger partial charge in [-0.3, -0.25) is 0 Å². The van der Waals surface area contributed by atoms with Crippen molar-refractivity contribution in [1.82, 2.24) is 15.0 Å². The number of rotatable bonds is 5. The predicted octanol–water partition coefficient (Wildman–Crippen LogP) is 1.52. The minimum Gasteiger partial charge on any atom is -0.461 e. The molecule has 0 aliphatic carbocycles. The van der Waals surface area contributed by atoms with Crippen LogP contribution in [0.3, 0.4) is 0 Å². The number of hydrogen-bond acceptors (Lipinski definition) is 6. The van der Waals surface area contributed by atoms with Gasteiger partial charge in [-0.05, 0) is 44.2 Å². The third kappa shape index (κ3) is 3.91.